The molecule has 17 heavy (non-hydrogen) atoms. The molecule has 0 amide bonds. The second-order valence-electron chi connectivity index (χ2n) is 3.44. The molecule has 0 saturated heterocycles. The van der Waals surface area contributed by atoms with Crippen molar-refractivity contribution < 1.29 is 13.2 Å². The van der Waals surface area contributed by atoms with Gasteiger partial charge < -0.3 is 4.74 Å². The predicted octanol–water partition coefficient (Wildman–Crippen LogP) is 0.679. The number of nitrogens with zero attached hydrogens (tertiary/aromatic N) is 3. The fraction of sp³-hybridized carbons (Fsp3) is 0.200. The first-order chi connectivity index (χ1) is 8.00. The summed E-state index contributed by atoms with van der Waals surface area (Å²) in [6.07, 6.45) is 2.43. The van der Waals surface area contributed by atoms with Gasteiger partial charge in [-0.3, -0.25) is 0 Å². The van der Waals surface area contributed by atoms with E-state index < -0.39 is 9.84 Å². The van der Waals surface area contributed by atoms with Gasteiger partial charge in [-0.1, -0.05) is 0 Å². The maximum Gasteiger partial charge on any atom is 0.266 e. The summed E-state index contributed by atoms with van der Waals surface area (Å²) in [5.41, 5.74) is 0.716. The minimum absolute atomic E-state index is 0.187. The van der Waals surface area contributed by atoms with Gasteiger partial charge in [0.05, 0.1) is 12.8 Å². The molecular formula is C10H11N3O3S. The zero-order chi connectivity index (χ0) is 12.5. The van der Waals surface area contributed by atoms with Gasteiger partial charge in [0.25, 0.3) is 5.16 Å². The first-order valence-corrected chi connectivity index (χ1v) is 6.66. The number of aromatic nitrogens is 3. The fourth-order valence-electron chi connectivity index (χ4n) is 1.28. The van der Waals surface area contributed by atoms with Crippen molar-refractivity contribution in [3.05, 3.63) is 30.6 Å². The molecule has 2 rings (SSSR count). The average molecular weight is 253 g/mol. The van der Waals surface area contributed by atoms with Crippen molar-refractivity contribution in [3.63, 3.8) is 0 Å². The third-order valence-electron chi connectivity index (χ3n) is 2.14. The maximum absolute atomic E-state index is 11.2. The van der Waals surface area contributed by atoms with Gasteiger partial charge in [-0.15, -0.1) is 5.10 Å². The first-order valence-electron chi connectivity index (χ1n) is 4.77. The van der Waals surface area contributed by atoms with E-state index in [4.69, 9.17) is 4.74 Å². The molecular weight excluding hydrogens is 242 g/mol. The van der Waals surface area contributed by atoms with Crippen LogP contribution in [0.15, 0.2) is 35.7 Å². The minimum atomic E-state index is -3.37. The van der Waals surface area contributed by atoms with Crippen LogP contribution in [0.1, 0.15) is 0 Å². The lowest BCUT2D eigenvalue weighted by molar-refractivity contribution is 0.414. The summed E-state index contributed by atoms with van der Waals surface area (Å²) in [6.45, 7) is 0. The molecule has 0 N–H and O–H groups in total. The Morgan fingerprint density at radius 1 is 1.24 bits per heavy atom. The monoisotopic (exact) mass is 253 g/mol. The van der Waals surface area contributed by atoms with Gasteiger partial charge >= 0.3 is 0 Å². The molecule has 0 unspecified atom stereocenters. The van der Waals surface area contributed by atoms with Crippen molar-refractivity contribution in [1.29, 1.82) is 0 Å². The predicted molar refractivity (Wildman–Crippen MR) is 61.0 cm³/mol. The van der Waals surface area contributed by atoms with Crippen LogP contribution in [-0.2, 0) is 9.84 Å². The smallest absolute Gasteiger partial charge is 0.266 e. The number of sulfone groups is 1. The average Bonchev–Trinajstić information content (AvgIpc) is 2.78. The van der Waals surface area contributed by atoms with Gasteiger partial charge in [0, 0.05) is 6.26 Å². The van der Waals surface area contributed by atoms with Crippen molar-refractivity contribution in [1.82, 2.24) is 14.8 Å². The van der Waals surface area contributed by atoms with Crippen molar-refractivity contribution in [2.24, 2.45) is 0 Å². The summed E-state index contributed by atoms with van der Waals surface area (Å²) in [7, 11) is -1.79. The third kappa shape index (κ3) is 2.44. The number of hydrogen-bond acceptors (Lipinski definition) is 5. The van der Waals surface area contributed by atoms with Crippen LogP contribution in [-0.4, -0.2) is 36.5 Å². The molecule has 0 aliphatic heterocycles. The summed E-state index contributed by atoms with van der Waals surface area (Å²) >= 11 is 0. The van der Waals surface area contributed by atoms with E-state index >= 15 is 0 Å². The van der Waals surface area contributed by atoms with Gasteiger partial charge in [-0.2, -0.15) is 0 Å². The molecule has 6 nitrogen and oxygen atoms in total. The van der Waals surface area contributed by atoms with Crippen LogP contribution in [0.3, 0.4) is 0 Å². The topological polar surface area (TPSA) is 74.1 Å². The van der Waals surface area contributed by atoms with Gasteiger partial charge in [0.1, 0.15) is 12.1 Å². The van der Waals surface area contributed by atoms with Crippen LogP contribution in [0.25, 0.3) is 5.69 Å². The first kappa shape index (κ1) is 11.6. The largest absolute Gasteiger partial charge is 0.497 e. The van der Waals surface area contributed by atoms with Gasteiger partial charge in [0.2, 0.25) is 9.84 Å². The van der Waals surface area contributed by atoms with E-state index in [9.17, 15) is 8.42 Å². The quantitative estimate of drug-likeness (QED) is 0.804. The molecule has 1 heterocycles. The zero-order valence-electron chi connectivity index (χ0n) is 9.36. The molecule has 2 aromatic rings. The Kier molecular flexibility index (Phi) is 2.84. The Bertz CT molecular complexity index is 617. The van der Waals surface area contributed by atoms with Gasteiger partial charge in [-0.25, -0.2) is 18.1 Å². The van der Waals surface area contributed by atoms with Crippen LogP contribution >= 0.6 is 0 Å². The van der Waals surface area contributed by atoms with Crippen LogP contribution < -0.4 is 4.74 Å². The van der Waals surface area contributed by atoms with Crippen molar-refractivity contribution in [2.45, 2.75) is 5.16 Å². The summed E-state index contributed by atoms with van der Waals surface area (Å²) in [6, 6.07) is 7.05. The highest BCUT2D eigenvalue weighted by Crippen LogP contribution is 2.14. The molecule has 1 aromatic carbocycles. The van der Waals surface area contributed by atoms with Crippen molar-refractivity contribution in [2.75, 3.05) is 13.4 Å². The number of methoxy groups -OCH3 is 1. The lowest BCUT2D eigenvalue weighted by Crippen LogP contribution is -2.02. The zero-order valence-corrected chi connectivity index (χ0v) is 10.2. The Hall–Kier alpha value is -1.89. The number of hydrogen-bond donors (Lipinski definition) is 0. The highest BCUT2D eigenvalue weighted by Gasteiger charge is 2.13. The second kappa shape index (κ2) is 4.17. The molecule has 90 valence electrons. The molecule has 0 atom stereocenters. The fourth-order valence-corrected chi connectivity index (χ4v) is 1.75. The van der Waals surface area contributed by atoms with Gasteiger partial charge in [0.15, 0.2) is 0 Å². The Balaban J connectivity index is 2.37. The summed E-state index contributed by atoms with van der Waals surface area (Å²) in [4.78, 5) is 3.74. The minimum Gasteiger partial charge on any atom is -0.497 e. The number of rotatable bonds is 3. The normalized spacial score (nSPS) is 11.4. The van der Waals surface area contributed by atoms with Crippen LogP contribution in [0.2, 0.25) is 0 Å². The van der Waals surface area contributed by atoms with E-state index in [2.05, 4.69) is 10.1 Å². The van der Waals surface area contributed by atoms with Crippen LogP contribution in [0, 0.1) is 0 Å². The number of benzene rings is 1. The molecule has 0 fully saturated rings. The molecule has 1 aromatic heterocycles. The maximum atomic E-state index is 11.2. The Morgan fingerprint density at radius 2 is 1.88 bits per heavy atom. The Morgan fingerprint density at radius 3 is 2.35 bits per heavy atom. The SMILES string of the molecule is COc1ccc(-n2cnc(S(C)(=O)=O)n2)cc1. The van der Waals surface area contributed by atoms with E-state index in [1.807, 2.05) is 0 Å². The van der Waals surface area contributed by atoms with E-state index in [1.165, 1.54) is 11.0 Å². The summed E-state index contributed by atoms with van der Waals surface area (Å²) < 4.78 is 28.9. The lowest BCUT2D eigenvalue weighted by Gasteiger charge is -2.02. The molecule has 0 spiro atoms. The van der Waals surface area contributed by atoms with E-state index in [0.717, 1.165) is 12.0 Å². The third-order valence-corrected chi connectivity index (χ3v) is 2.99. The van der Waals surface area contributed by atoms with E-state index in [1.54, 1.807) is 31.4 Å². The van der Waals surface area contributed by atoms with Crippen molar-refractivity contribution in [3.8, 4) is 11.4 Å². The second-order valence-corrected chi connectivity index (χ2v) is 5.35. The number of ether oxygens (including phenoxy) is 1. The summed E-state index contributed by atoms with van der Waals surface area (Å²) in [5.74, 6) is 0.720. The summed E-state index contributed by atoms with van der Waals surface area (Å²) in [5, 5.41) is 3.70. The molecule has 0 radical (unpaired) electrons. The van der Waals surface area contributed by atoms with E-state index in [-0.39, 0.29) is 5.16 Å². The standard InChI is InChI=1S/C10H11N3O3S/c1-16-9-5-3-8(4-6-9)13-7-11-10(12-13)17(2,14)15/h3-7H,1-2H3. The lowest BCUT2D eigenvalue weighted by atomic mass is 10.3. The van der Waals surface area contributed by atoms with Crippen LogP contribution in [0.5, 0.6) is 5.75 Å². The highest BCUT2D eigenvalue weighted by atomic mass is 32.2. The molecule has 0 saturated carbocycles. The highest BCUT2D eigenvalue weighted by molar-refractivity contribution is 7.90. The van der Waals surface area contributed by atoms with Crippen LogP contribution in [0.4, 0.5) is 0 Å². The molecule has 0 aliphatic rings. The van der Waals surface area contributed by atoms with Crippen molar-refractivity contribution >= 4 is 9.84 Å². The molecule has 0 aliphatic carbocycles. The molecule has 7 heteroatoms. The van der Waals surface area contributed by atoms with E-state index in [0.29, 0.717) is 5.69 Å². The molecule has 0 bridgehead atoms. The van der Waals surface area contributed by atoms with Gasteiger partial charge in [-0.05, 0) is 24.3 Å². The Labute approximate surface area is 98.8 Å².